The average Bonchev–Trinajstić information content (AvgIpc) is 3.19. The Labute approximate surface area is 125 Å². The summed E-state index contributed by atoms with van der Waals surface area (Å²) in [6.07, 6.45) is 3.40. The van der Waals surface area contributed by atoms with Gasteiger partial charge in [-0.15, -0.1) is 0 Å². The van der Waals surface area contributed by atoms with Crippen molar-refractivity contribution in [3.8, 4) is 5.75 Å². The fourth-order valence-electron chi connectivity index (χ4n) is 2.34. The molecule has 1 saturated carbocycles. The van der Waals surface area contributed by atoms with E-state index in [4.69, 9.17) is 9.47 Å². The summed E-state index contributed by atoms with van der Waals surface area (Å²) in [5.41, 5.74) is 0.492. The van der Waals surface area contributed by atoms with Crippen LogP contribution in [0.3, 0.4) is 0 Å². The number of anilines is 1. The molecular weight excluding hydrogens is 268 g/mol. The first kappa shape index (κ1) is 14.2. The van der Waals surface area contributed by atoms with E-state index in [-0.39, 0.29) is 11.6 Å². The molecule has 0 bridgehead atoms. The van der Waals surface area contributed by atoms with Crippen molar-refractivity contribution in [3.63, 3.8) is 0 Å². The quantitative estimate of drug-likeness (QED) is 0.876. The lowest BCUT2D eigenvalue weighted by Gasteiger charge is -2.23. The van der Waals surface area contributed by atoms with Crippen molar-refractivity contribution in [2.24, 2.45) is 5.92 Å². The van der Waals surface area contributed by atoms with Gasteiger partial charge in [0.1, 0.15) is 5.75 Å². The van der Waals surface area contributed by atoms with E-state index in [1.807, 2.05) is 31.2 Å². The molecule has 0 aromatic heterocycles. The van der Waals surface area contributed by atoms with Crippen molar-refractivity contribution in [1.82, 2.24) is 5.32 Å². The number of rotatable bonds is 5. The van der Waals surface area contributed by atoms with Crippen LogP contribution in [0.5, 0.6) is 5.75 Å². The van der Waals surface area contributed by atoms with Gasteiger partial charge in [0.25, 0.3) is 0 Å². The summed E-state index contributed by atoms with van der Waals surface area (Å²) in [6, 6.07) is 7.29. The maximum atomic E-state index is 12.0. The maximum Gasteiger partial charge on any atom is 0.319 e. The molecule has 1 aliphatic heterocycles. The molecule has 1 saturated heterocycles. The van der Waals surface area contributed by atoms with Gasteiger partial charge in [-0.05, 0) is 56.4 Å². The van der Waals surface area contributed by atoms with E-state index in [1.54, 1.807) is 0 Å². The fourth-order valence-corrected chi connectivity index (χ4v) is 2.34. The second-order valence-electron chi connectivity index (χ2n) is 6.22. The summed E-state index contributed by atoms with van der Waals surface area (Å²) in [7, 11) is 0. The van der Waals surface area contributed by atoms with E-state index in [9.17, 15) is 4.79 Å². The molecule has 1 heterocycles. The predicted octanol–water partition coefficient (Wildman–Crippen LogP) is 2.78. The van der Waals surface area contributed by atoms with Crippen LogP contribution in [0.2, 0.25) is 0 Å². The number of carbonyl (C=O) groups excluding carboxylic acids is 1. The third-order valence-corrected chi connectivity index (χ3v) is 3.93. The minimum atomic E-state index is -0.266. The minimum absolute atomic E-state index is 0.199. The topological polar surface area (TPSA) is 59.6 Å². The fraction of sp³-hybridized carbons (Fsp3) is 0.562. The van der Waals surface area contributed by atoms with Crippen molar-refractivity contribution in [3.05, 3.63) is 24.3 Å². The second kappa shape index (κ2) is 5.93. The number of ether oxygens (including phenoxy) is 2. The van der Waals surface area contributed by atoms with Gasteiger partial charge < -0.3 is 20.1 Å². The Balaban J connectivity index is 1.48. The summed E-state index contributed by atoms with van der Waals surface area (Å²) in [5, 5.41) is 5.80. The molecule has 5 heteroatoms. The SMILES string of the molecule is C[C@]1(NC(=O)Nc2ccc(OCC3CC3)cc2)CCOC1. The first-order chi connectivity index (χ1) is 10.1. The van der Waals surface area contributed by atoms with Gasteiger partial charge in [-0.2, -0.15) is 0 Å². The smallest absolute Gasteiger partial charge is 0.319 e. The molecule has 1 aliphatic carbocycles. The Kier molecular flexibility index (Phi) is 4.01. The van der Waals surface area contributed by atoms with E-state index in [0.29, 0.717) is 13.2 Å². The molecule has 114 valence electrons. The summed E-state index contributed by atoms with van der Waals surface area (Å²) in [6.45, 7) is 4.05. The van der Waals surface area contributed by atoms with Crippen LogP contribution in [0.25, 0.3) is 0 Å². The summed E-state index contributed by atoms with van der Waals surface area (Å²) in [4.78, 5) is 12.0. The molecule has 21 heavy (non-hydrogen) atoms. The van der Waals surface area contributed by atoms with Gasteiger partial charge in [0.15, 0.2) is 0 Å². The first-order valence-corrected chi connectivity index (χ1v) is 7.53. The highest BCUT2D eigenvalue weighted by Gasteiger charge is 2.31. The highest BCUT2D eigenvalue weighted by atomic mass is 16.5. The number of nitrogens with one attached hydrogen (secondary N) is 2. The van der Waals surface area contributed by atoms with Crippen LogP contribution in [0.4, 0.5) is 10.5 Å². The summed E-state index contributed by atoms with van der Waals surface area (Å²) < 4.78 is 11.0. The molecule has 1 atom stereocenters. The molecule has 1 aromatic carbocycles. The number of urea groups is 1. The molecule has 1 aromatic rings. The van der Waals surface area contributed by atoms with Crippen LogP contribution < -0.4 is 15.4 Å². The number of hydrogen-bond acceptors (Lipinski definition) is 3. The summed E-state index contributed by atoms with van der Waals surface area (Å²) >= 11 is 0. The Hall–Kier alpha value is -1.75. The minimum Gasteiger partial charge on any atom is -0.493 e. The van der Waals surface area contributed by atoms with Crippen molar-refractivity contribution in [2.45, 2.75) is 31.7 Å². The van der Waals surface area contributed by atoms with Crippen molar-refractivity contribution in [2.75, 3.05) is 25.1 Å². The lowest BCUT2D eigenvalue weighted by atomic mass is 10.0. The molecule has 3 rings (SSSR count). The molecule has 2 fully saturated rings. The molecule has 2 aliphatic rings. The van der Waals surface area contributed by atoms with Crippen LogP contribution >= 0.6 is 0 Å². The molecule has 5 nitrogen and oxygen atoms in total. The predicted molar refractivity (Wildman–Crippen MR) is 80.7 cm³/mol. The van der Waals surface area contributed by atoms with Gasteiger partial charge in [0.2, 0.25) is 0 Å². The lowest BCUT2D eigenvalue weighted by Crippen LogP contribution is -2.48. The molecular formula is C16H22N2O3. The van der Waals surface area contributed by atoms with Gasteiger partial charge in [-0.3, -0.25) is 0 Å². The molecule has 0 unspecified atom stereocenters. The molecule has 2 N–H and O–H groups in total. The van der Waals surface area contributed by atoms with Gasteiger partial charge in [0, 0.05) is 12.3 Å². The molecule has 0 radical (unpaired) electrons. The number of amides is 2. The van der Waals surface area contributed by atoms with E-state index in [1.165, 1.54) is 12.8 Å². The zero-order chi connectivity index (χ0) is 14.7. The maximum absolute atomic E-state index is 12.0. The van der Waals surface area contributed by atoms with Crippen LogP contribution in [0.15, 0.2) is 24.3 Å². The van der Waals surface area contributed by atoms with E-state index in [0.717, 1.165) is 30.4 Å². The summed E-state index contributed by atoms with van der Waals surface area (Å²) in [5.74, 6) is 1.59. The van der Waals surface area contributed by atoms with E-state index < -0.39 is 0 Å². The largest absolute Gasteiger partial charge is 0.493 e. The third kappa shape index (κ3) is 4.11. The highest BCUT2D eigenvalue weighted by molar-refractivity contribution is 5.89. The zero-order valence-electron chi connectivity index (χ0n) is 12.4. The van der Waals surface area contributed by atoms with Gasteiger partial charge in [0.05, 0.1) is 18.8 Å². The Morgan fingerprint density at radius 1 is 1.38 bits per heavy atom. The average molecular weight is 290 g/mol. The van der Waals surface area contributed by atoms with Gasteiger partial charge in [-0.25, -0.2) is 4.79 Å². The second-order valence-corrected chi connectivity index (χ2v) is 6.22. The van der Waals surface area contributed by atoms with Crippen LogP contribution in [-0.2, 0) is 4.74 Å². The standard InChI is InChI=1S/C16H22N2O3/c1-16(8-9-20-11-16)18-15(19)17-13-4-6-14(7-5-13)21-10-12-2-3-12/h4-7,12H,2-3,8-11H2,1H3,(H2,17,18,19)/t16-/m0/s1. The van der Waals surface area contributed by atoms with Gasteiger partial charge in [-0.1, -0.05) is 0 Å². The van der Waals surface area contributed by atoms with E-state index >= 15 is 0 Å². The Morgan fingerprint density at radius 2 is 2.14 bits per heavy atom. The highest BCUT2D eigenvalue weighted by Crippen LogP contribution is 2.29. The number of benzene rings is 1. The van der Waals surface area contributed by atoms with Crippen molar-refractivity contribution in [1.29, 1.82) is 0 Å². The number of carbonyl (C=O) groups is 1. The Morgan fingerprint density at radius 3 is 2.76 bits per heavy atom. The van der Waals surface area contributed by atoms with Gasteiger partial charge >= 0.3 is 6.03 Å². The van der Waals surface area contributed by atoms with Crippen molar-refractivity contribution < 1.29 is 14.3 Å². The first-order valence-electron chi connectivity index (χ1n) is 7.53. The zero-order valence-corrected chi connectivity index (χ0v) is 12.4. The van der Waals surface area contributed by atoms with Crippen LogP contribution in [0, 0.1) is 5.92 Å². The molecule has 2 amide bonds. The van der Waals surface area contributed by atoms with Crippen LogP contribution in [-0.4, -0.2) is 31.4 Å². The monoisotopic (exact) mass is 290 g/mol. The van der Waals surface area contributed by atoms with E-state index in [2.05, 4.69) is 10.6 Å². The lowest BCUT2D eigenvalue weighted by molar-refractivity contribution is 0.172. The normalized spacial score (nSPS) is 24.6. The molecule has 0 spiro atoms. The van der Waals surface area contributed by atoms with Crippen molar-refractivity contribution >= 4 is 11.7 Å². The third-order valence-electron chi connectivity index (χ3n) is 3.93. The number of hydrogen-bond donors (Lipinski definition) is 2. The Bertz CT molecular complexity index is 491. The van der Waals surface area contributed by atoms with Crippen LogP contribution in [0.1, 0.15) is 26.2 Å².